The molecule has 0 aliphatic carbocycles. The molecule has 0 aromatic heterocycles. The van der Waals surface area contributed by atoms with E-state index in [9.17, 15) is 0 Å². The molecule has 24 heavy (non-hydrogen) atoms. The van der Waals surface area contributed by atoms with Gasteiger partial charge in [-0.3, -0.25) is 0 Å². The summed E-state index contributed by atoms with van der Waals surface area (Å²) in [5, 5.41) is 6.77. The number of para-hydroxylation sites is 1. The molecule has 0 spiro atoms. The second kappa shape index (κ2) is 8.97. The van der Waals surface area contributed by atoms with Gasteiger partial charge in [0.2, 0.25) is 0 Å². The van der Waals surface area contributed by atoms with Gasteiger partial charge < -0.3 is 10.6 Å². The second-order valence-corrected chi connectivity index (χ2v) is 6.18. The van der Waals surface area contributed by atoms with Gasteiger partial charge in [0.1, 0.15) is 0 Å². The van der Waals surface area contributed by atoms with Crippen molar-refractivity contribution in [3.8, 4) is 0 Å². The molecular formula is C22H28N2. The number of aryl methyl sites for hydroxylation is 1. The molecule has 2 aromatic rings. The van der Waals surface area contributed by atoms with Gasteiger partial charge in [-0.2, -0.15) is 0 Å². The van der Waals surface area contributed by atoms with Crippen LogP contribution in [-0.2, 0) is 0 Å². The predicted octanol–water partition coefficient (Wildman–Crippen LogP) is 6.58. The van der Waals surface area contributed by atoms with Crippen LogP contribution in [0, 0.1) is 6.92 Å². The number of unbranched alkanes of at least 4 members (excludes halogenated alkanes) is 2. The fourth-order valence-corrected chi connectivity index (χ4v) is 2.56. The Labute approximate surface area is 146 Å². The van der Waals surface area contributed by atoms with Crippen molar-refractivity contribution in [2.45, 2.75) is 39.5 Å². The van der Waals surface area contributed by atoms with Gasteiger partial charge in [0.15, 0.2) is 0 Å². The lowest BCUT2D eigenvalue weighted by atomic mass is 10.1. The average Bonchev–Trinajstić information content (AvgIpc) is 2.58. The Bertz CT molecular complexity index is 683. The van der Waals surface area contributed by atoms with E-state index in [4.69, 9.17) is 0 Å². The number of rotatable bonds is 9. The van der Waals surface area contributed by atoms with Gasteiger partial charge in [-0.05, 0) is 49.1 Å². The molecule has 2 N–H and O–H groups in total. The van der Waals surface area contributed by atoms with Crippen LogP contribution < -0.4 is 10.6 Å². The van der Waals surface area contributed by atoms with Crippen LogP contribution in [0.1, 0.15) is 43.7 Å². The zero-order valence-corrected chi connectivity index (χ0v) is 14.9. The molecule has 0 radical (unpaired) electrons. The molecule has 126 valence electrons. The lowest BCUT2D eigenvalue weighted by Gasteiger charge is -2.13. The number of hydrogen-bond donors (Lipinski definition) is 2. The van der Waals surface area contributed by atoms with E-state index in [1.165, 1.54) is 24.8 Å². The summed E-state index contributed by atoms with van der Waals surface area (Å²) in [6.45, 7) is 12.6. The van der Waals surface area contributed by atoms with E-state index in [2.05, 4.69) is 74.0 Å². The molecule has 0 unspecified atom stereocenters. The van der Waals surface area contributed by atoms with Crippen molar-refractivity contribution in [2.24, 2.45) is 0 Å². The number of nitrogens with one attached hydrogen (secondary N) is 2. The molecule has 2 nitrogen and oxygen atoms in total. The molecule has 0 amide bonds. The Hall–Kier alpha value is -2.48. The maximum atomic E-state index is 4.15. The topological polar surface area (TPSA) is 24.1 Å². The van der Waals surface area contributed by atoms with E-state index in [-0.39, 0.29) is 0 Å². The van der Waals surface area contributed by atoms with Crippen LogP contribution in [-0.4, -0.2) is 0 Å². The first-order valence-electron chi connectivity index (χ1n) is 8.67. The van der Waals surface area contributed by atoms with E-state index in [0.29, 0.717) is 0 Å². The highest BCUT2D eigenvalue weighted by molar-refractivity contribution is 5.77. The van der Waals surface area contributed by atoms with Crippen LogP contribution in [0.4, 0.5) is 11.4 Å². The SMILES string of the molecule is C=C(CCCCC)Nc1ccc(C(=C)Nc2ccccc2C)cc1. The fourth-order valence-electron chi connectivity index (χ4n) is 2.56. The minimum atomic E-state index is 0.901. The normalized spacial score (nSPS) is 10.2. The highest BCUT2D eigenvalue weighted by atomic mass is 14.9. The van der Waals surface area contributed by atoms with Gasteiger partial charge in [0.05, 0.1) is 0 Å². The van der Waals surface area contributed by atoms with Gasteiger partial charge >= 0.3 is 0 Å². The highest BCUT2D eigenvalue weighted by Gasteiger charge is 2.03. The third-order valence-corrected chi connectivity index (χ3v) is 4.07. The first-order chi connectivity index (χ1) is 11.6. The molecular weight excluding hydrogens is 292 g/mol. The third kappa shape index (κ3) is 5.31. The summed E-state index contributed by atoms with van der Waals surface area (Å²) in [6, 6.07) is 16.5. The Morgan fingerprint density at radius 1 is 0.917 bits per heavy atom. The van der Waals surface area contributed by atoms with Crippen molar-refractivity contribution in [1.29, 1.82) is 0 Å². The molecule has 0 saturated carbocycles. The van der Waals surface area contributed by atoms with Gasteiger partial charge in [0, 0.05) is 22.8 Å². The quantitative estimate of drug-likeness (QED) is 0.510. The summed E-state index contributed by atoms with van der Waals surface area (Å²) >= 11 is 0. The van der Waals surface area contributed by atoms with Crippen LogP contribution >= 0.6 is 0 Å². The van der Waals surface area contributed by atoms with Crippen molar-refractivity contribution in [3.05, 3.63) is 78.5 Å². The molecule has 2 rings (SSSR count). The smallest absolute Gasteiger partial charge is 0.0413 e. The standard InChI is InChI=1S/C22H28N2/c1-5-6-7-11-18(3)23-21-15-13-20(14-16-21)19(4)24-22-12-9-8-10-17(22)2/h8-10,12-16,23-24H,3-7,11H2,1-2H3. The Balaban J connectivity index is 1.92. The molecule has 0 aliphatic heterocycles. The number of allylic oxidation sites excluding steroid dienone is 1. The minimum absolute atomic E-state index is 0.901. The predicted molar refractivity (Wildman–Crippen MR) is 107 cm³/mol. The Morgan fingerprint density at radius 3 is 2.29 bits per heavy atom. The van der Waals surface area contributed by atoms with Gasteiger partial charge in [-0.1, -0.05) is 63.3 Å². The zero-order valence-electron chi connectivity index (χ0n) is 14.9. The maximum absolute atomic E-state index is 4.15. The van der Waals surface area contributed by atoms with Crippen molar-refractivity contribution in [3.63, 3.8) is 0 Å². The molecule has 0 heterocycles. The minimum Gasteiger partial charge on any atom is -0.359 e. The summed E-state index contributed by atoms with van der Waals surface area (Å²) < 4.78 is 0. The highest BCUT2D eigenvalue weighted by Crippen LogP contribution is 2.22. The molecule has 0 bridgehead atoms. The molecule has 0 aliphatic rings. The zero-order chi connectivity index (χ0) is 17.4. The van der Waals surface area contributed by atoms with E-state index in [1.807, 2.05) is 12.1 Å². The molecule has 2 heteroatoms. The summed E-state index contributed by atoms with van der Waals surface area (Å²) in [6.07, 6.45) is 4.71. The number of anilines is 2. The summed E-state index contributed by atoms with van der Waals surface area (Å²) in [7, 11) is 0. The largest absolute Gasteiger partial charge is 0.359 e. The van der Waals surface area contributed by atoms with E-state index in [1.54, 1.807) is 0 Å². The van der Waals surface area contributed by atoms with Crippen LogP contribution in [0.15, 0.2) is 67.4 Å². The summed E-state index contributed by atoms with van der Waals surface area (Å²) in [4.78, 5) is 0. The average molecular weight is 320 g/mol. The first-order valence-corrected chi connectivity index (χ1v) is 8.67. The maximum Gasteiger partial charge on any atom is 0.0413 e. The van der Waals surface area contributed by atoms with E-state index < -0.39 is 0 Å². The third-order valence-electron chi connectivity index (χ3n) is 4.07. The van der Waals surface area contributed by atoms with Crippen LogP contribution in [0.5, 0.6) is 0 Å². The van der Waals surface area contributed by atoms with Gasteiger partial charge in [-0.15, -0.1) is 0 Å². The Kier molecular flexibility index (Phi) is 6.68. The molecule has 0 saturated heterocycles. The second-order valence-electron chi connectivity index (χ2n) is 6.18. The fraction of sp³-hybridized carbons (Fsp3) is 0.273. The monoisotopic (exact) mass is 320 g/mol. The van der Waals surface area contributed by atoms with Gasteiger partial charge in [0.25, 0.3) is 0 Å². The van der Waals surface area contributed by atoms with Crippen LogP contribution in [0.3, 0.4) is 0 Å². The van der Waals surface area contributed by atoms with Gasteiger partial charge in [-0.25, -0.2) is 0 Å². The molecule has 0 fully saturated rings. The summed E-state index contributed by atoms with van der Waals surface area (Å²) in [5.41, 5.74) is 6.43. The van der Waals surface area contributed by atoms with E-state index in [0.717, 1.165) is 34.8 Å². The molecule has 0 atom stereocenters. The molecule has 2 aromatic carbocycles. The van der Waals surface area contributed by atoms with Crippen molar-refractivity contribution in [2.75, 3.05) is 10.6 Å². The first kappa shape index (κ1) is 17.9. The number of benzene rings is 2. The van der Waals surface area contributed by atoms with Crippen LogP contribution in [0.2, 0.25) is 0 Å². The van der Waals surface area contributed by atoms with Crippen molar-refractivity contribution < 1.29 is 0 Å². The van der Waals surface area contributed by atoms with E-state index >= 15 is 0 Å². The van der Waals surface area contributed by atoms with Crippen LogP contribution in [0.25, 0.3) is 5.70 Å². The Morgan fingerprint density at radius 2 is 1.62 bits per heavy atom. The lowest BCUT2D eigenvalue weighted by Crippen LogP contribution is -2.00. The lowest BCUT2D eigenvalue weighted by molar-refractivity contribution is 0.716. The number of hydrogen-bond acceptors (Lipinski definition) is 2. The van der Waals surface area contributed by atoms with Crippen molar-refractivity contribution >= 4 is 17.1 Å². The van der Waals surface area contributed by atoms with Crippen molar-refractivity contribution in [1.82, 2.24) is 0 Å². The summed E-state index contributed by atoms with van der Waals surface area (Å²) in [5.74, 6) is 0.